The second-order valence-electron chi connectivity index (χ2n) is 5.62. The number of rotatable bonds is 8. The Morgan fingerprint density at radius 2 is 2.20 bits per heavy atom. The lowest BCUT2D eigenvalue weighted by Gasteiger charge is -2.08. The summed E-state index contributed by atoms with van der Waals surface area (Å²) in [5, 5.41) is 7.70. The highest BCUT2D eigenvalue weighted by Gasteiger charge is 2.11. The molecule has 0 bridgehead atoms. The first kappa shape index (κ1) is 17.0. The van der Waals surface area contributed by atoms with Crippen molar-refractivity contribution in [2.45, 2.75) is 19.4 Å². The third kappa shape index (κ3) is 4.00. The van der Waals surface area contributed by atoms with Crippen molar-refractivity contribution in [2.24, 2.45) is 0 Å². The maximum atomic E-state index is 12.3. The molecule has 1 aromatic carbocycles. The summed E-state index contributed by atoms with van der Waals surface area (Å²) in [5.41, 5.74) is 1.86. The third-order valence-electron chi connectivity index (χ3n) is 3.97. The van der Waals surface area contributed by atoms with Crippen molar-refractivity contribution in [3.8, 4) is 5.88 Å². The standard InChI is InChI=1S/C18H21N3O4/c1-23-11-10-21-9-8-14-15(4-3-5-16(14)21)19-17(22)7-6-13-12-18(24-2)20-25-13/h3-5,8-9,12H,6-7,10-11H2,1-2H3,(H,19,22). The number of hydrogen-bond acceptors (Lipinski definition) is 5. The molecule has 3 rings (SSSR count). The molecule has 0 aliphatic heterocycles. The Kier molecular flexibility index (Phi) is 5.35. The average molecular weight is 343 g/mol. The Bertz CT molecular complexity index is 853. The summed E-state index contributed by atoms with van der Waals surface area (Å²) in [6, 6.07) is 9.55. The van der Waals surface area contributed by atoms with E-state index in [0.717, 1.165) is 23.1 Å². The number of ether oxygens (including phenoxy) is 2. The molecule has 0 aliphatic rings. The predicted octanol–water partition coefficient (Wildman–Crippen LogP) is 2.86. The molecule has 1 amide bonds. The molecule has 7 heteroatoms. The zero-order valence-electron chi connectivity index (χ0n) is 14.3. The van der Waals surface area contributed by atoms with Crippen LogP contribution in [0.5, 0.6) is 5.88 Å². The van der Waals surface area contributed by atoms with Crippen LogP contribution in [-0.2, 0) is 22.5 Å². The van der Waals surface area contributed by atoms with Crippen molar-refractivity contribution in [1.29, 1.82) is 0 Å². The van der Waals surface area contributed by atoms with E-state index in [1.165, 1.54) is 7.11 Å². The fraction of sp³-hybridized carbons (Fsp3) is 0.333. The van der Waals surface area contributed by atoms with Crippen molar-refractivity contribution in [1.82, 2.24) is 9.72 Å². The third-order valence-corrected chi connectivity index (χ3v) is 3.97. The van der Waals surface area contributed by atoms with Gasteiger partial charge in [-0.2, -0.15) is 0 Å². The second kappa shape index (κ2) is 7.85. The van der Waals surface area contributed by atoms with Gasteiger partial charge in [0.15, 0.2) is 0 Å². The molecule has 0 aliphatic carbocycles. The highest BCUT2D eigenvalue weighted by molar-refractivity contribution is 6.01. The molecular weight excluding hydrogens is 322 g/mol. The Morgan fingerprint density at radius 1 is 1.32 bits per heavy atom. The molecular formula is C18H21N3O4. The molecule has 0 spiro atoms. The number of methoxy groups -OCH3 is 2. The molecule has 0 radical (unpaired) electrons. The van der Waals surface area contributed by atoms with E-state index < -0.39 is 0 Å². The molecule has 7 nitrogen and oxygen atoms in total. The lowest BCUT2D eigenvalue weighted by molar-refractivity contribution is -0.116. The monoisotopic (exact) mass is 343 g/mol. The van der Waals surface area contributed by atoms with E-state index in [-0.39, 0.29) is 5.91 Å². The first-order chi connectivity index (χ1) is 12.2. The van der Waals surface area contributed by atoms with E-state index in [1.54, 1.807) is 13.2 Å². The van der Waals surface area contributed by atoms with Gasteiger partial charge in [-0.1, -0.05) is 6.07 Å². The molecule has 0 saturated heterocycles. The molecule has 0 atom stereocenters. The summed E-state index contributed by atoms with van der Waals surface area (Å²) in [5.74, 6) is 0.959. The topological polar surface area (TPSA) is 78.5 Å². The van der Waals surface area contributed by atoms with E-state index in [2.05, 4.69) is 15.0 Å². The maximum absolute atomic E-state index is 12.3. The number of hydrogen-bond donors (Lipinski definition) is 1. The average Bonchev–Trinajstić information content (AvgIpc) is 3.25. The van der Waals surface area contributed by atoms with Crippen LogP contribution < -0.4 is 10.1 Å². The van der Waals surface area contributed by atoms with Gasteiger partial charge >= 0.3 is 0 Å². The van der Waals surface area contributed by atoms with Crippen LogP contribution in [0.1, 0.15) is 12.2 Å². The molecule has 0 saturated carbocycles. The Hall–Kier alpha value is -2.80. The van der Waals surface area contributed by atoms with E-state index >= 15 is 0 Å². The normalized spacial score (nSPS) is 11.0. The molecule has 3 aromatic rings. The zero-order chi connectivity index (χ0) is 17.6. The lowest BCUT2D eigenvalue weighted by Crippen LogP contribution is -2.12. The molecule has 25 heavy (non-hydrogen) atoms. The van der Waals surface area contributed by atoms with Gasteiger partial charge in [0.05, 0.1) is 24.9 Å². The molecule has 0 unspecified atom stereocenters. The van der Waals surface area contributed by atoms with Crippen LogP contribution in [-0.4, -0.2) is 36.5 Å². The number of aromatic nitrogens is 2. The highest BCUT2D eigenvalue weighted by Crippen LogP contribution is 2.25. The minimum Gasteiger partial charge on any atom is -0.479 e. The van der Waals surface area contributed by atoms with Gasteiger partial charge in [0.2, 0.25) is 5.91 Å². The molecule has 1 N–H and O–H groups in total. The summed E-state index contributed by atoms with van der Waals surface area (Å²) in [7, 11) is 3.20. The van der Waals surface area contributed by atoms with Crippen LogP contribution in [0, 0.1) is 0 Å². The number of benzene rings is 1. The second-order valence-corrected chi connectivity index (χ2v) is 5.62. The summed E-state index contributed by atoms with van der Waals surface area (Å²) in [6.45, 7) is 1.41. The SMILES string of the molecule is COCCn1ccc2c(NC(=O)CCc3cc(OC)no3)cccc21. The van der Waals surface area contributed by atoms with Crippen molar-refractivity contribution < 1.29 is 18.8 Å². The molecule has 2 aromatic heterocycles. The van der Waals surface area contributed by atoms with Crippen LogP contribution in [0.3, 0.4) is 0 Å². The van der Waals surface area contributed by atoms with Gasteiger partial charge in [-0.25, -0.2) is 0 Å². The summed E-state index contributed by atoms with van der Waals surface area (Å²) >= 11 is 0. The highest BCUT2D eigenvalue weighted by atomic mass is 16.5. The van der Waals surface area contributed by atoms with Crippen molar-refractivity contribution in [3.05, 3.63) is 42.3 Å². The van der Waals surface area contributed by atoms with Crippen LogP contribution in [0.2, 0.25) is 0 Å². The van der Waals surface area contributed by atoms with Gasteiger partial charge in [-0.05, 0) is 23.4 Å². The number of nitrogens with one attached hydrogen (secondary N) is 1. The first-order valence-electron chi connectivity index (χ1n) is 8.07. The number of carbonyl (C=O) groups is 1. The zero-order valence-corrected chi connectivity index (χ0v) is 14.3. The van der Waals surface area contributed by atoms with E-state index in [9.17, 15) is 4.79 Å². The molecule has 0 fully saturated rings. The minimum atomic E-state index is -0.0764. The number of nitrogens with zero attached hydrogens (tertiary/aromatic N) is 2. The van der Waals surface area contributed by atoms with Crippen LogP contribution in [0.15, 0.2) is 41.1 Å². The van der Waals surface area contributed by atoms with Crippen molar-refractivity contribution >= 4 is 22.5 Å². The number of fused-ring (bicyclic) bond motifs is 1. The number of amides is 1. The van der Waals surface area contributed by atoms with Gasteiger partial charge in [0.1, 0.15) is 5.76 Å². The summed E-state index contributed by atoms with van der Waals surface area (Å²) in [6.07, 6.45) is 2.77. The van der Waals surface area contributed by atoms with Gasteiger partial charge in [0.25, 0.3) is 5.88 Å². The number of anilines is 1. The fourth-order valence-corrected chi connectivity index (χ4v) is 2.67. The smallest absolute Gasteiger partial charge is 0.254 e. The maximum Gasteiger partial charge on any atom is 0.254 e. The minimum absolute atomic E-state index is 0.0764. The van der Waals surface area contributed by atoms with Gasteiger partial charge < -0.3 is 23.9 Å². The van der Waals surface area contributed by atoms with Gasteiger partial charge in [-0.15, -0.1) is 0 Å². The van der Waals surface area contributed by atoms with Gasteiger partial charge in [-0.3, -0.25) is 4.79 Å². The summed E-state index contributed by atoms with van der Waals surface area (Å²) in [4.78, 5) is 12.3. The van der Waals surface area contributed by atoms with E-state index in [1.807, 2.05) is 30.5 Å². The number of carbonyl (C=O) groups excluding carboxylic acids is 1. The van der Waals surface area contributed by atoms with E-state index in [0.29, 0.717) is 31.1 Å². The van der Waals surface area contributed by atoms with Crippen molar-refractivity contribution in [3.63, 3.8) is 0 Å². The Morgan fingerprint density at radius 3 is 2.96 bits per heavy atom. The lowest BCUT2D eigenvalue weighted by atomic mass is 10.2. The predicted molar refractivity (Wildman–Crippen MR) is 93.8 cm³/mol. The first-order valence-corrected chi connectivity index (χ1v) is 8.07. The molecule has 2 heterocycles. The fourth-order valence-electron chi connectivity index (χ4n) is 2.67. The quantitative estimate of drug-likeness (QED) is 0.680. The Labute approximate surface area is 145 Å². The summed E-state index contributed by atoms with van der Waals surface area (Å²) < 4.78 is 17.3. The van der Waals surface area contributed by atoms with Crippen LogP contribution >= 0.6 is 0 Å². The van der Waals surface area contributed by atoms with E-state index in [4.69, 9.17) is 14.0 Å². The van der Waals surface area contributed by atoms with Crippen LogP contribution in [0.25, 0.3) is 10.9 Å². The van der Waals surface area contributed by atoms with Crippen molar-refractivity contribution in [2.75, 3.05) is 26.1 Å². The Balaban J connectivity index is 1.65. The van der Waals surface area contributed by atoms with Gasteiger partial charge in [0, 0.05) is 44.1 Å². The molecule has 132 valence electrons. The largest absolute Gasteiger partial charge is 0.479 e. The number of aryl methyl sites for hydroxylation is 1. The van der Waals surface area contributed by atoms with Crippen LogP contribution in [0.4, 0.5) is 5.69 Å².